The zero-order valence-corrected chi connectivity index (χ0v) is 9.40. The van der Waals surface area contributed by atoms with Crippen molar-refractivity contribution in [2.45, 2.75) is 13.8 Å². The normalized spacial score (nSPS) is 10.1. The summed E-state index contributed by atoms with van der Waals surface area (Å²) in [7, 11) is 0. The summed E-state index contributed by atoms with van der Waals surface area (Å²) in [6, 6.07) is 13.0. The molecule has 1 N–H and O–H groups in total. The number of hydrogen-bond acceptors (Lipinski definition) is 2. The van der Waals surface area contributed by atoms with Crippen LogP contribution in [0.15, 0.2) is 42.5 Å². The van der Waals surface area contributed by atoms with Crippen LogP contribution >= 0.6 is 0 Å². The molecule has 0 aliphatic carbocycles. The number of hydrogen-bond donors (Lipinski definition) is 1. The molecule has 0 atom stereocenters. The minimum absolute atomic E-state index is 0.224. The highest BCUT2D eigenvalue weighted by atomic mass is 16.5. The predicted octanol–water partition coefficient (Wildman–Crippen LogP) is 3.80. The van der Waals surface area contributed by atoms with Gasteiger partial charge in [0.25, 0.3) is 0 Å². The van der Waals surface area contributed by atoms with Crippen molar-refractivity contribution in [3.8, 4) is 17.2 Å². The van der Waals surface area contributed by atoms with E-state index in [9.17, 15) is 5.11 Å². The molecule has 0 aromatic heterocycles. The molecule has 0 heterocycles. The highest BCUT2D eigenvalue weighted by Crippen LogP contribution is 2.26. The van der Waals surface area contributed by atoms with E-state index in [1.54, 1.807) is 12.1 Å². The molecular weight excluding hydrogens is 200 g/mol. The fourth-order valence-corrected chi connectivity index (χ4v) is 1.53. The van der Waals surface area contributed by atoms with E-state index in [0.29, 0.717) is 5.75 Å². The van der Waals surface area contributed by atoms with Gasteiger partial charge in [0, 0.05) is 6.07 Å². The number of rotatable bonds is 2. The molecule has 2 heteroatoms. The maximum absolute atomic E-state index is 9.44. The lowest BCUT2D eigenvalue weighted by Gasteiger charge is -2.07. The van der Waals surface area contributed by atoms with Gasteiger partial charge >= 0.3 is 0 Å². The van der Waals surface area contributed by atoms with E-state index in [1.165, 1.54) is 5.56 Å². The van der Waals surface area contributed by atoms with Gasteiger partial charge in [-0.05, 0) is 43.7 Å². The molecule has 0 aliphatic rings. The Kier molecular flexibility index (Phi) is 2.82. The molecule has 2 rings (SSSR count). The van der Waals surface area contributed by atoms with Crippen molar-refractivity contribution in [3.63, 3.8) is 0 Å². The van der Waals surface area contributed by atoms with Crippen LogP contribution in [0.5, 0.6) is 17.2 Å². The molecule has 2 nitrogen and oxygen atoms in total. The molecule has 0 unspecified atom stereocenters. The van der Waals surface area contributed by atoms with Crippen LogP contribution in [0.2, 0.25) is 0 Å². The monoisotopic (exact) mass is 214 g/mol. The van der Waals surface area contributed by atoms with E-state index in [1.807, 2.05) is 44.2 Å². The van der Waals surface area contributed by atoms with Crippen LogP contribution in [-0.4, -0.2) is 5.11 Å². The number of ether oxygens (including phenoxy) is 1. The summed E-state index contributed by atoms with van der Waals surface area (Å²) in [4.78, 5) is 0. The molecule has 2 aromatic carbocycles. The van der Waals surface area contributed by atoms with Crippen molar-refractivity contribution >= 4 is 0 Å². The highest BCUT2D eigenvalue weighted by molar-refractivity contribution is 5.40. The van der Waals surface area contributed by atoms with Gasteiger partial charge in [-0.3, -0.25) is 0 Å². The number of phenolic OH excluding ortho intramolecular Hbond substituents is 1. The molecule has 0 saturated heterocycles. The fraction of sp³-hybridized carbons (Fsp3) is 0.143. The summed E-state index contributed by atoms with van der Waals surface area (Å²) in [6.45, 7) is 3.95. The van der Waals surface area contributed by atoms with Crippen LogP contribution in [0, 0.1) is 13.8 Å². The van der Waals surface area contributed by atoms with E-state index >= 15 is 0 Å². The highest BCUT2D eigenvalue weighted by Gasteiger charge is 2.00. The smallest absolute Gasteiger partial charge is 0.131 e. The first-order valence-electron chi connectivity index (χ1n) is 5.19. The average Bonchev–Trinajstić information content (AvgIpc) is 2.20. The van der Waals surface area contributed by atoms with Crippen molar-refractivity contribution in [1.82, 2.24) is 0 Å². The fourth-order valence-electron chi connectivity index (χ4n) is 1.53. The number of phenols is 1. The zero-order valence-electron chi connectivity index (χ0n) is 9.40. The summed E-state index contributed by atoms with van der Waals surface area (Å²) in [6.07, 6.45) is 0. The van der Waals surface area contributed by atoms with E-state index in [-0.39, 0.29) is 5.75 Å². The minimum Gasteiger partial charge on any atom is -0.508 e. The molecule has 0 spiro atoms. The van der Waals surface area contributed by atoms with E-state index in [4.69, 9.17) is 4.74 Å². The van der Waals surface area contributed by atoms with E-state index in [0.717, 1.165) is 11.3 Å². The average molecular weight is 214 g/mol. The van der Waals surface area contributed by atoms with Crippen LogP contribution < -0.4 is 4.74 Å². The molecule has 0 fully saturated rings. The summed E-state index contributed by atoms with van der Waals surface area (Å²) in [5, 5.41) is 9.44. The van der Waals surface area contributed by atoms with Crippen molar-refractivity contribution in [2.24, 2.45) is 0 Å². The molecule has 0 bridgehead atoms. The number of aryl methyl sites for hydroxylation is 2. The number of benzene rings is 2. The molecule has 0 saturated carbocycles. The molecule has 82 valence electrons. The summed E-state index contributed by atoms with van der Waals surface area (Å²) >= 11 is 0. The Bertz CT molecular complexity index is 466. The molecule has 0 radical (unpaired) electrons. The van der Waals surface area contributed by atoms with Crippen LogP contribution in [0.1, 0.15) is 11.1 Å². The molecule has 0 aliphatic heterocycles. The van der Waals surface area contributed by atoms with Gasteiger partial charge < -0.3 is 9.84 Å². The van der Waals surface area contributed by atoms with Crippen LogP contribution in [-0.2, 0) is 0 Å². The van der Waals surface area contributed by atoms with Crippen LogP contribution in [0.25, 0.3) is 0 Å². The van der Waals surface area contributed by atoms with E-state index in [2.05, 4.69) is 0 Å². The van der Waals surface area contributed by atoms with Crippen molar-refractivity contribution < 1.29 is 9.84 Å². The van der Waals surface area contributed by atoms with Gasteiger partial charge in [0.2, 0.25) is 0 Å². The summed E-state index contributed by atoms with van der Waals surface area (Å²) in [5.41, 5.74) is 2.17. The maximum Gasteiger partial charge on any atom is 0.131 e. The SMILES string of the molecule is Cc1ccc(Oc2cc(C)cc(O)c2)cc1. The lowest BCUT2D eigenvalue weighted by molar-refractivity contribution is 0.454. The number of aromatic hydroxyl groups is 1. The first-order chi connectivity index (χ1) is 7.63. The third-order valence-electron chi connectivity index (χ3n) is 2.29. The van der Waals surface area contributed by atoms with Crippen molar-refractivity contribution in [3.05, 3.63) is 53.6 Å². The zero-order chi connectivity index (χ0) is 11.5. The predicted molar refractivity (Wildman–Crippen MR) is 64.1 cm³/mol. The Labute approximate surface area is 95.1 Å². The van der Waals surface area contributed by atoms with Gasteiger partial charge in [0.1, 0.15) is 17.2 Å². The van der Waals surface area contributed by atoms with Gasteiger partial charge in [-0.2, -0.15) is 0 Å². The Hall–Kier alpha value is -1.96. The minimum atomic E-state index is 0.224. The van der Waals surface area contributed by atoms with Gasteiger partial charge in [-0.25, -0.2) is 0 Å². The lowest BCUT2D eigenvalue weighted by Crippen LogP contribution is -1.85. The van der Waals surface area contributed by atoms with E-state index < -0.39 is 0 Å². The second kappa shape index (κ2) is 4.27. The second-order valence-electron chi connectivity index (χ2n) is 3.92. The molecule has 2 aromatic rings. The van der Waals surface area contributed by atoms with Gasteiger partial charge in [-0.15, -0.1) is 0 Å². The van der Waals surface area contributed by atoms with Crippen molar-refractivity contribution in [2.75, 3.05) is 0 Å². The van der Waals surface area contributed by atoms with Crippen LogP contribution in [0.4, 0.5) is 0 Å². The van der Waals surface area contributed by atoms with Gasteiger partial charge in [0.05, 0.1) is 0 Å². The topological polar surface area (TPSA) is 29.5 Å². The van der Waals surface area contributed by atoms with Crippen molar-refractivity contribution in [1.29, 1.82) is 0 Å². The Morgan fingerprint density at radius 3 is 2.12 bits per heavy atom. The van der Waals surface area contributed by atoms with Gasteiger partial charge in [-0.1, -0.05) is 17.7 Å². The summed E-state index contributed by atoms with van der Waals surface area (Å²) < 4.78 is 5.64. The third kappa shape index (κ3) is 2.54. The third-order valence-corrected chi connectivity index (χ3v) is 2.29. The molecular formula is C14H14O2. The Balaban J connectivity index is 2.23. The molecule has 16 heavy (non-hydrogen) atoms. The Morgan fingerprint density at radius 2 is 1.50 bits per heavy atom. The lowest BCUT2D eigenvalue weighted by atomic mass is 10.2. The standard InChI is InChI=1S/C14H14O2/c1-10-3-5-13(6-4-10)16-14-8-11(2)7-12(15)9-14/h3-9,15H,1-2H3. The maximum atomic E-state index is 9.44. The largest absolute Gasteiger partial charge is 0.508 e. The quantitative estimate of drug-likeness (QED) is 0.823. The molecule has 0 amide bonds. The summed E-state index contributed by atoms with van der Waals surface area (Å²) in [5.74, 6) is 1.65. The Morgan fingerprint density at radius 1 is 0.812 bits per heavy atom. The first-order valence-corrected chi connectivity index (χ1v) is 5.19. The van der Waals surface area contributed by atoms with Crippen LogP contribution in [0.3, 0.4) is 0 Å². The first kappa shape index (κ1) is 10.6. The van der Waals surface area contributed by atoms with Gasteiger partial charge in [0.15, 0.2) is 0 Å². The second-order valence-corrected chi connectivity index (χ2v) is 3.92.